The zero-order valence-corrected chi connectivity index (χ0v) is 11.5. The first-order valence-corrected chi connectivity index (χ1v) is 6.82. The highest BCUT2D eigenvalue weighted by molar-refractivity contribution is 6.37. The molecule has 0 unspecified atom stereocenters. The summed E-state index contributed by atoms with van der Waals surface area (Å²) in [6.45, 7) is 1.70. The van der Waals surface area contributed by atoms with E-state index >= 15 is 0 Å². The van der Waals surface area contributed by atoms with E-state index in [2.05, 4.69) is 4.90 Å². The number of rotatable bonds is 2. The van der Waals surface area contributed by atoms with Crippen molar-refractivity contribution in [3.05, 3.63) is 27.7 Å². The summed E-state index contributed by atoms with van der Waals surface area (Å²) in [6.07, 6.45) is 4.50. The molecule has 2 rings (SSSR count). The molecule has 1 aliphatic heterocycles. The highest BCUT2D eigenvalue weighted by Gasteiger charge is 2.21. The minimum absolute atomic E-state index is 0.189. The van der Waals surface area contributed by atoms with Gasteiger partial charge in [-0.25, -0.2) is 4.79 Å². The first-order chi connectivity index (χ1) is 8.59. The van der Waals surface area contributed by atoms with Gasteiger partial charge in [0, 0.05) is 18.1 Å². The molecule has 1 saturated heterocycles. The maximum Gasteiger partial charge on any atom is 0.337 e. The number of halogens is 2. The molecule has 0 saturated carbocycles. The third-order valence-electron chi connectivity index (χ3n) is 3.18. The van der Waals surface area contributed by atoms with Gasteiger partial charge in [0.25, 0.3) is 0 Å². The van der Waals surface area contributed by atoms with Crippen LogP contribution in [0.15, 0.2) is 12.1 Å². The van der Waals surface area contributed by atoms with Crippen LogP contribution in [0.25, 0.3) is 0 Å². The highest BCUT2D eigenvalue weighted by atomic mass is 35.5. The third kappa shape index (κ3) is 2.90. The Morgan fingerprint density at radius 3 is 2.28 bits per heavy atom. The number of hydrogen-bond donors (Lipinski definition) is 1. The normalized spacial score (nSPS) is 16.4. The smallest absolute Gasteiger partial charge is 0.337 e. The first-order valence-electron chi connectivity index (χ1n) is 6.07. The molecule has 0 amide bonds. The molecule has 0 aliphatic carbocycles. The van der Waals surface area contributed by atoms with Crippen LogP contribution in [0.4, 0.5) is 5.69 Å². The molecule has 1 N–H and O–H groups in total. The number of carbonyl (C=O) groups is 1. The molecule has 0 atom stereocenters. The molecule has 3 nitrogen and oxygen atoms in total. The van der Waals surface area contributed by atoms with Crippen LogP contribution in [0.5, 0.6) is 0 Å². The van der Waals surface area contributed by atoms with Crippen molar-refractivity contribution in [3.63, 3.8) is 0 Å². The van der Waals surface area contributed by atoms with Gasteiger partial charge in [-0.3, -0.25) is 0 Å². The fraction of sp³-hybridized carbons (Fsp3) is 0.462. The number of carboxylic acid groups (broad SMARTS) is 1. The first kappa shape index (κ1) is 13.5. The molecule has 5 heteroatoms. The molecule has 0 bridgehead atoms. The summed E-state index contributed by atoms with van der Waals surface area (Å²) in [6, 6.07) is 3.08. The van der Waals surface area contributed by atoms with Crippen LogP contribution in [-0.2, 0) is 0 Å². The monoisotopic (exact) mass is 287 g/mol. The third-order valence-corrected chi connectivity index (χ3v) is 3.69. The van der Waals surface area contributed by atoms with Crippen molar-refractivity contribution in [3.8, 4) is 0 Å². The van der Waals surface area contributed by atoms with Crippen molar-refractivity contribution in [1.29, 1.82) is 0 Å². The highest BCUT2D eigenvalue weighted by Crippen LogP contribution is 2.34. The van der Waals surface area contributed by atoms with E-state index in [4.69, 9.17) is 23.2 Å². The molecule has 1 heterocycles. The summed E-state index contributed by atoms with van der Waals surface area (Å²) in [7, 11) is 0. The molecule has 1 aliphatic rings. The fourth-order valence-corrected chi connectivity index (χ4v) is 2.96. The van der Waals surface area contributed by atoms with Crippen LogP contribution in [0, 0.1) is 0 Å². The number of benzene rings is 1. The summed E-state index contributed by atoms with van der Waals surface area (Å²) >= 11 is 12.0. The molecule has 98 valence electrons. The summed E-state index contributed by atoms with van der Waals surface area (Å²) in [5.41, 5.74) is 0.796. The number of nitrogens with zero attached hydrogens (tertiary/aromatic N) is 1. The second-order valence-corrected chi connectivity index (χ2v) is 5.33. The minimum Gasteiger partial charge on any atom is -0.478 e. The van der Waals surface area contributed by atoms with Crippen LogP contribution in [0.1, 0.15) is 36.0 Å². The second-order valence-electron chi connectivity index (χ2n) is 4.49. The quantitative estimate of drug-likeness (QED) is 0.891. The summed E-state index contributed by atoms with van der Waals surface area (Å²) in [5, 5.41) is 10.0. The second kappa shape index (κ2) is 5.81. The Bertz CT molecular complexity index is 455. The number of carboxylic acids is 1. The lowest BCUT2D eigenvalue weighted by Gasteiger charge is -2.25. The van der Waals surface area contributed by atoms with Crippen LogP contribution in [0.2, 0.25) is 10.0 Å². The van der Waals surface area contributed by atoms with Crippen molar-refractivity contribution in [2.45, 2.75) is 25.7 Å². The van der Waals surface area contributed by atoms with Gasteiger partial charge in [0.1, 0.15) is 0 Å². The lowest BCUT2D eigenvalue weighted by Crippen LogP contribution is -2.26. The maximum atomic E-state index is 11.3. The number of aromatic carboxylic acids is 1. The van der Waals surface area contributed by atoms with Crippen LogP contribution >= 0.6 is 23.2 Å². The van der Waals surface area contributed by atoms with Gasteiger partial charge in [0.05, 0.1) is 16.3 Å². The van der Waals surface area contributed by atoms with Gasteiger partial charge in [0.2, 0.25) is 0 Å². The zero-order valence-electron chi connectivity index (χ0n) is 9.96. The maximum absolute atomic E-state index is 11.3. The average Bonchev–Trinajstić information content (AvgIpc) is 2.56. The van der Waals surface area contributed by atoms with Crippen molar-refractivity contribution < 1.29 is 9.90 Å². The average molecular weight is 288 g/mol. The molecule has 18 heavy (non-hydrogen) atoms. The molecule has 1 aromatic rings. The van der Waals surface area contributed by atoms with E-state index in [1.807, 2.05) is 0 Å². The van der Waals surface area contributed by atoms with Gasteiger partial charge in [-0.1, -0.05) is 36.0 Å². The van der Waals surface area contributed by atoms with Gasteiger partial charge in [-0.05, 0) is 25.0 Å². The van der Waals surface area contributed by atoms with Crippen molar-refractivity contribution >= 4 is 34.9 Å². The number of anilines is 1. The Morgan fingerprint density at radius 1 is 1.11 bits per heavy atom. The lowest BCUT2D eigenvalue weighted by molar-refractivity contribution is 0.0697. The molecular weight excluding hydrogens is 273 g/mol. The van der Waals surface area contributed by atoms with E-state index in [-0.39, 0.29) is 5.56 Å². The number of hydrogen-bond acceptors (Lipinski definition) is 2. The van der Waals surface area contributed by atoms with E-state index in [0.717, 1.165) is 25.9 Å². The van der Waals surface area contributed by atoms with Crippen LogP contribution in [0.3, 0.4) is 0 Å². The van der Waals surface area contributed by atoms with E-state index in [9.17, 15) is 9.90 Å². The SMILES string of the molecule is O=C(O)c1cc(Cl)cc(Cl)c1N1CCCCCC1. The van der Waals surface area contributed by atoms with Crippen LogP contribution < -0.4 is 4.90 Å². The molecule has 1 fully saturated rings. The Kier molecular flexibility index (Phi) is 4.36. The Hall–Kier alpha value is -0.930. The fourth-order valence-electron chi connectivity index (χ4n) is 2.34. The zero-order chi connectivity index (χ0) is 13.1. The van der Waals surface area contributed by atoms with E-state index in [1.54, 1.807) is 6.07 Å². The largest absolute Gasteiger partial charge is 0.478 e. The standard InChI is InChI=1S/C13H15Cl2NO2/c14-9-7-10(13(17)18)12(11(15)8-9)16-5-3-1-2-4-6-16/h7-8H,1-6H2,(H,17,18). The predicted octanol–water partition coefficient (Wildman–Crippen LogP) is 4.07. The van der Waals surface area contributed by atoms with Gasteiger partial charge in [0.15, 0.2) is 0 Å². The van der Waals surface area contributed by atoms with Crippen molar-refractivity contribution in [1.82, 2.24) is 0 Å². The van der Waals surface area contributed by atoms with Crippen molar-refractivity contribution in [2.75, 3.05) is 18.0 Å². The summed E-state index contributed by atoms with van der Waals surface area (Å²) in [5.74, 6) is -0.987. The van der Waals surface area contributed by atoms with Gasteiger partial charge in [-0.15, -0.1) is 0 Å². The Morgan fingerprint density at radius 2 is 1.72 bits per heavy atom. The van der Waals surface area contributed by atoms with Crippen LogP contribution in [-0.4, -0.2) is 24.2 Å². The van der Waals surface area contributed by atoms with Gasteiger partial charge in [-0.2, -0.15) is 0 Å². The van der Waals surface area contributed by atoms with E-state index in [1.165, 1.54) is 18.9 Å². The summed E-state index contributed by atoms with van der Waals surface area (Å²) < 4.78 is 0. The molecule has 0 radical (unpaired) electrons. The topological polar surface area (TPSA) is 40.5 Å². The minimum atomic E-state index is -0.987. The predicted molar refractivity (Wildman–Crippen MR) is 74.1 cm³/mol. The lowest BCUT2D eigenvalue weighted by atomic mass is 10.1. The molecule has 0 spiro atoms. The Labute approximate surface area is 116 Å². The molecule has 0 aromatic heterocycles. The summed E-state index contributed by atoms with van der Waals surface area (Å²) in [4.78, 5) is 13.4. The van der Waals surface area contributed by atoms with E-state index in [0.29, 0.717) is 15.7 Å². The van der Waals surface area contributed by atoms with Gasteiger partial charge >= 0.3 is 5.97 Å². The molecular formula is C13H15Cl2NO2. The van der Waals surface area contributed by atoms with Crippen molar-refractivity contribution in [2.24, 2.45) is 0 Å². The Balaban J connectivity index is 2.43. The van der Waals surface area contributed by atoms with E-state index < -0.39 is 5.97 Å². The molecule has 1 aromatic carbocycles. The van der Waals surface area contributed by atoms with Gasteiger partial charge < -0.3 is 10.0 Å².